The number of methoxy groups -OCH3 is 2. The van der Waals surface area contributed by atoms with Gasteiger partial charge in [0.15, 0.2) is 0 Å². The maximum absolute atomic E-state index is 13.8. The van der Waals surface area contributed by atoms with Crippen molar-refractivity contribution in [2.24, 2.45) is 5.73 Å². The van der Waals surface area contributed by atoms with Gasteiger partial charge < -0.3 is 15.2 Å². The SMILES string of the molecule is COC(=O)CCCCC(N)c1c(F)cc(OC)cc1F. The molecule has 0 aliphatic heterocycles. The summed E-state index contributed by atoms with van der Waals surface area (Å²) >= 11 is 0. The van der Waals surface area contributed by atoms with E-state index < -0.39 is 17.7 Å². The number of esters is 1. The standard InChI is InChI=1S/C14H19F2NO3/c1-19-9-7-10(15)14(11(16)8-9)12(17)5-3-4-6-13(18)20-2/h7-8,12H,3-6,17H2,1-2H3. The second-order valence-corrected chi connectivity index (χ2v) is 4.43. The number of hydrogen-bond acceptors (Lipinski definition) is 4. The van der Waals surface area contributed by atoms with Crippen LogP contribution in [0.3, 0.4) is 0 Å². The molecule has 0 radical (unpaired) electrons. The van der Waals surface area contributed by atoms with Crippen LogP contribution in [0.2, 0.25) is 0 Å². The minimum atomic E-state index is -0.751. The Balaban J connectivity index is 2.59. The molecule has 0 fully saturated rings. The number of rotatable bonds is 7. The van der Waals surface area contributed by atoms with Crippen LogP contribution in [0.25, 0.3) is 0 Å². The molecular weight excluding hydrogens is 268 g/mol. The zero-order valence-electron chi connectivity index (χ0n) is 11.6. The lowest BCUT2D eigenvalue weighted by atomic mass is 10.00. The Kier molecular flexibility index (Phi) is 6.38. The predicted molar refractivity (Wildman–Crippen MR) is 70.3 cm³/mol. The van der Waals surface area contributed by atoms with Gasteiger partial charge in [0.1, 0.15) is 17.4 Å². The van der Waals surface area contributed by atoms with Crippen LogP contribution in [0.5, 0.6) is 5.75 Å². The molecule has 1 aromatic carbocycles. The van der Waals surface area contributed by atoms with E-state index in [-0.39, 0.29) is 23.7 Å². The van der Waals surface area contributed by atoms with Gasteiger partial charge in [-0.05, 0) is 12.8 Å². The second-order valence-electron chi connectivity index (χ2n) is 4.43. The van der Waals surface area contributed by atoms with Gasteiger partial charge in [-0.25, -0.2) is 8.78 Å². The van der Waals surface area contributed by atoms with Gasteiger partial charge in [0.2, 0.25) is 0 Å². The average Bonchev–Trinajstić information content (AvgIpc) is 2.42. The monoisotopic (exact) mass is 287 g/mol. The molecule has 0 aliphatic rings. The Morgan fingerprint density at radius 3 is 2.35 bits per heavy atom. The third-order valence-electron chi connectivity index (χ3n) is 3.03. The van der Waals surface area contributed by atoms with Gasteiger partial charge in [-0.1, -0.05) is 6.42 Å². The normalized spacial score (nSPS) is 12.1. The smallest absolute Gasteiger partial charge is 0.305 e. The molecule has 6 heteroatoms. The zero-order chi connectivity index (χ0) is 15.1. The number of nitrogens with two attached hydrogens (primary N) is 1. The first kappa shape index (κ1) is 16.4. The van der Waals surface area contributed by atoms with Gasteiger partial charge in [0.25, 0.3) is 0 Å². The van der Waals surface area contributed by atoms with Crippen molar-refractivity contribution in [3.8, 4) is 5.75 Å². The highest BCUT2D eigenvalue weighted by Gasteiger charge is 2.18. The summed E-state index contributed by atoms with van der Waals surface area (Å²) in [6.07, 6.45) is 1.81. The van der Waals surface area contributed by atoms with Crippen LogP contribution in [0.4, 0.5) is 8.78 Å². The largest absolute Gasteiger partial charge is 0.497 e. The van der Waals surface area contributed by atoms with E-state index >= 15 is 0 Å². The molecule has 0 saturated heterocycles. The average molecular weight is 287 g/mol. The van der Waals surface area contributed by atoms with E-state index in [9.17, 15) is 13.6 Å². The molecule has 1 aromatic rings. The van der Waals surface area contributed by atoms with Gasteiger partial charge in [0.05, 0.1) is 14.2 Å². The van der Waals surface area contributed by atoms with Crippen molar-refractivity contribution in [2.45, 2.75) is 31.7 Å². The summed E-state index contributed by atoms with van der Waals surface area (Å²) in [5.41, 5.74) is 5.65. The summed E-state index contributed by atoms with van der Waals surface area (Å²) < 4.78 is 36.8. The minimum absolute atomic E-state index is 0.113. The molecule has 4 nitrogen and oxygen atoms in total. The fourth-order valence-electron chi connectivity index (χ4n) is 1.91. The van der Waals surface area contributed by atoms with E-state index in [4.69, 9.17) is 10.5 Å². The molecule has 1 atom stereocenters. The maximum Gasteiger partial charge on any atom is 0.305 e. The molecule has 2 N–H and O–H groups in total. The topological polar surface area (TPSA) is 61.5 Å². The lowest BCUT2D eigenvalue weighted by Crippen LogP contribution is -2.14. The molecular formula is C14H19F2NO3. The molecule has 0 aliphatic carbocycles. The summed E-state index contributed by atoms with van der Waals surface area (Å²) in [4.78, 5) is 10.9. The summed E-state index contributed by atoms with van der Waals surface area (Å²) in [7, 11) is 2.65. The highest BCUT2D eigenvalue weighted by Crippen LogP contribution is 2.27. The predicted octanol–water partition coefficient (Wildman–Crippen LogP) is 2.71. The van der Waals surface area contributed by atoms with E-state index in [0.29, 0.717) is 19.3 Å². The second kappa shape index (κ2) is 7.79. The van der Waals surface area contributed by atoms with Crippen molar-refractivity contribution >= 4 is 5.97 Å². The van der Waals surface area contributed by atoms with E-state index in [1.165, 1.54) is 14.2 Å². The number of benzene rings is 1. The Bertz CT molecular complexity index is 443. The van der Waals surface area contributed by atoms with Crippen LogP contribution in [0.15, 0.2) is 12.1 Å². The number of halogens is 2. The van der Waals surface area contributed by atoms with Crippen LogP contribution in [0, 0.1) is 11.6 Å². The minimum Gasteiger partial charge on any atom is -0.497 e. The lowest BCUT2D eigenvalue weighted by Gasteiger charge is -2.14. The van der Waals surface area contributed by atoms with Crippen molar-refractivity contribution in [1.82, 2.24) is 0 Å². The maximum atomic E-state index is 13.8. The van der Waals surface area contributed by atoms with Crippen LogP contribution in [-0.4, -0.2) is 20.2 Å². The Morgan fingerprint density at radius 1 is 1.25 bits per heavy atom. The van der Waals surface area contributed by atoms with Crippen molar-refractivity contribution < 1.29 is 23.0 Å². The fraction of sp³-hybridized carbons (Fsp3) is 0.500. The molecule has 0 bridgehead atoms. The molecule has 20 heavy (non-hydrogen) atoms. The van der Waals surface area contributed by atoms with Gasteiger partial charge in [-0.2, -0.15) is 0 Å². The molecule has 0 heterocycles. The first-order valence-electron chi connectivity index (χ1n) is 6.35. The third kappa shape index (κ3) is 4.45. The van der Waals surface area contributed by atoms with E-state index in [0.717, 1.165) is 12.1 Å². The van der Waals surface area contributed by atoms with Gasteiger partial charge >= 0.3 is 5.97 Å². The molecule has 112 valence electrons. The molecule has 0 spiro atoms. The van der Waals surface area contributed by atoms with Crippen LogP contribution in [0.1, 0.15) is 37.3 Å². The molecule has 0 aromatic heterocycles. The van der Waals surface area contributed by atoms with Gasteiger partial charge in [-0.15, -0.1) is 0 Å². The third-order valence-corrected chi connectivity index (χ3v) is 3.03. The van der Waals surface area contributed by atoms with E-state index in [1.807, 2.05) is 0 Å². The number of carbonyl (C=O) groups excluding carboxylic acids is 1. The fourth-order valence-corrected chi connectivity index (χ4v) is 1.91. The Hall–Kier alpha value is -1.69. The number of unbranched alkanes of at least 4 members (excludes halogenated alkanes) is 1. The number of hydrogen-bond donors (Lipinski definition) is 1. The lowest BCUT2D eigenvalue weighted by molar-refractivity contribution is -0.140. The van der Waals surface area contributed by atoms with Crippen molar-refractivity contribution in [3.05, 3.63) is 29.3 Å². The Morgan fingerprint density at radius 2 is 1.85 bits per heavy atom. The summed E-state index contributed by atoms with van der Waals surface area (Å²) in [5.74, 6) is -1.63. The zero-order valence-corrected chi connectivity index (χ0v) is 11.6. The first-order valence-corrected chi connectivity index (χ1v) is 6.35. The number of ether oxygens (including phenoxy) is 2. The molecule has 0 amide bonds. The summed E-state index contributed by atoms with van der Waals surface area (Å²) in [5, 5.41) is 0. The molecule has 1 rings (SSSR count). The molecule has 0 saturated carbocycles. The van der Waals surface area contributed by atoms with Crippen LogP contribution >= 0.6 is 0 Å². The van der Waals surface area contributed by atoms with Crippen molar-refractivity contribution in [3.63, 3.8) is 0 Å². The van der Waals surface area contributed by atoms with Gasteiger partial charge in [0, 0.05) is 30.2 Å². The summed E-state index contributed by atoms with van der Waals surface area (Å²) in [6.45, 7) is 0. The highest BCUT2D eigenvalue weighted by molar-refractivity contribution is 5.68. The quantitative estimate of drug-likeness (QED) is 0.618. The first-order chi connectivity index (χ1) is 9.49. The van der Waals surface area contributed by atoms with Gasteiger partial charge in [-0.3, -0.25) is 4.79 Å². The van der Waals surface area contributed by atoms with E-state index in [2.05, 4.69) is 4.74 Å². The highest BCUT2D eigenvalue weighted by atomic mass is 19.1. The number of carbonyl (C=O) groups is 1. The van der Waals surface area contributed by atoms with E-state index in [1.54, 1.807) is 0 Å². The van der Waals surface area contributed by atoms with Crippen molar-refractivity contribution in [2.75, 3.05) is 14.2 Å². The summed E-state index contributed by atoms with van der Waals surface area (Å²) in [6, 6.07) is 1.46. The molecule has 1 unspecified atom stereocenters. The van der Waals surface area contributed by atoms with Crippen LogP contribution < -0.4 is 10.5 Å². The van der Waals surface area contributed by atoms with Crippen molar-refractivity contribution in [1.29, 1.82) is 0 Å². The Labute approximate surface area is 116 Å². The van der Waals surface area contributed by atoms with Crippen LogP contribution in [-0.2, 0) is 9.53 Å².